The summed E-state index contributed by atoms with van der Waals surface area (Å²) in [6.07, 6.45) is 8.26. The molecule has 0 amide bonds. The van der Waals surface area contributed by atoms with Crippen molar-refractivity contribution in [2.24, 2.45) is 0 Å². The Morgan fingerprint density at radius 2 is 2.00 bits per heavy atom. The van der Waals surface area contributed by atoms with E-state index in [2.05, 4.69) is 22.8 Å². The molecule has 2 heterocycles. The number of halogens is 1. The van der Waals surface area contributed by atoms with Crippen LogP contribution in [0.1, 0.15) is 24.0 Å². The molecule has 1 saturated heterocycles. The summed E-state index contributed by atoms with van der Waals surface area (Å²) < 4.78 is 0. The van der Waals surface area contributed by atoms with E-state index in [1.807, 2.05) is 24.4 Å². The van der Waals surface area contributed by atoms with Crippen LogP contribution in [0.25, 0.3) is 5.57 Å². The van der Waals surface area contributed by atoms with Crippen LogP contribution in [-0.4, -0.2) is 30.3 Å². The number of aliphatic hydroxyl groups is 1. The van der Waals surface area contributed by atoms with Gasteiger partial charge in [0.1, 0.15) is 0 Å². The highest BCUT2D eigenvalue weighted by Gasteiger charge is 2.33. The van der Waals surface area contributed by atoms with Gasteiger partial charge in [-0.3, -0.25) is 0 Å². The first kappa shape index (κ1) is 15.0. The highest BCUT2D eigenvalue weighted by molar-refractivity contribution is 6.30. The average Bonchev–Trinajstić information content (AvgIpc) is 2.70. The van der Waals surface area contributed by atoms with Crippen LogP contribution < -0.4 is 10.6 Å². The van der Waals surface area contributed by atoms with Gasteiger partial charge >= 0.3 is 0 Å². The first-order valence-electron chi connectivity index (χ1n) is 8.26. The Bertz CT molecular complexity index is 712. The third-order valence-corrected chi connectivity index (χ3v) is 5.25. The summed E-state index contributed by atoms with van der Waals surface area (Å²) in [5.41, 5.74) is 6.26. The number of piperidine rings is 1. The molecule has 3 aliphatic rings. The van der Waals surface area contributed by atoms with Gasteiger partial charge in [0, 0.05) is 11.4 Å². The first-order chi connectivity index (χ1) is 11.2. The van der Waals surface area contributed by atoms with Crippen LogP contribution in [0, 0.1) is 0 Å². The van der Waals surface area contributed by atoms with Gasteiger partial charge in [-0.15, -0.1) is 0 Å². The molecular formula is C19H21ClN2O. The van der Waals surface area contributed by atoms with Gasteiger partial charge in [-0.05, 0) is 72.6 Å². The Morgan fingerprint density at radius 3 is 2.83 bits per heavy atom. The van der Waals surface area contributed by atoms with Crippen LogP contribution >= 0.6 is 11.6 Å². The molecule has 0 saturated carbocycles. The molecule has 23 heavy (non-hydrogen) atoms. The van der Waals surface area contributed by atoms with Crippen molar-refractivity contribution in [3.05, 3.63) is 63.8 Å². The maximum atomic E-state index is 10.7. The van der Waals surface area contributed by atoms with Crippen molar-refractivity contribution >= 4 is 17.2 Å². The van der Waals surface area contributed by atoms with Crippen LogP contribution in [0.2, 0.25) is 5.02 Å². The van der Waals surface area contributed by atoms with Crippen LogP contribution in [0.4, 0.5) is 0 Å². The van der Waals surface area contributed by atoms with Gasteiger partial charge in [-0.1, -0.05) is 29.3 Å². The van der Waals surface area contributed by atoms with Crippen molar-refractivity contribution in [3.8, 4) is 0 Å². The zero-order chi connectivity index (χ0) is 15.8. The van der Waals surface area contributed by atoms with Crippen molar-refractivity contribution in [1.29, 1.82) is 0 Å². The number of dihydropyridines is 1. The Kier molecular flexibility index (Phi) is 4.02. The second-order valence-electron chi connectivity index (χ2n) is 6.41. The number of allylic oxidation sites excluding steroid dienone is 2. The quantitative estimate of drug-likeness (QED) is 0.686. The zero-order valence-corrected chi connectivity index (χ0v) is 13.7. The average molecular weight is 329 g/mol. The van der Waals surface area contributed by atoms with E-state index in [1.165, 1.54) is 16.7 Å². The second-order valence-corrected chi connectivity index (χ2v) is 6.85. The van der Waals surface area contributed by atoms with Crippen LogP contribution in [-0.2, 0) is 6.42 Å². The van der Waals surface area contributed by atoms with Gasteiger partial charge in [0.15, 0.2) is 0 Å². The molecule has 1 fully saturated rings. The molecule has 2 atom stereocenters. The van der Waals surface area contributed by atoms with Crippen molar-refractivity contribution < 1.29 is 5.11 Å². The number of hydrogen-bond donors (Lipinski definition) is 3. The van der Waals surface area contributed by atoms with E-state index in [4.69, 9.17) is 11.6 Å². The minimum Gasteiger partial charge on any atom is -0.388 e. The number of hydrogen-bond acceptors (Lipinski definition) is 3. The maximum Gasteiger partial charge on any atom is 0.0816 e. The molecular weight excluding hydrogens is 308 g/mol. The smallest absolute Gasteiger partial charge is 0.0816 e. The van der Waals surface area contributed by atoms with E-state index in [0.29, 0.717) is 6.42 Å². The minimum absolute atomic E-state index is 0.0607. The Morgan fingerprint density at radius 1 is 1.17 bits per heavy atom. The fourth-order valence-corrected chi connectivity index (χ4v) is 4.12. The lowest BCUT2D eigenvalue weighted by Gasteiger charge is -2.30. The summed E-state index contributed by atoms with van der Waals surface area (Å²) in [5.74, 6) is 0. The molecule has 0 spiro atoms. The van der Waals surface area contributed by atoms with Gasteiger partial charge in [0.25, 0.3) is 0 Å². The van der Waals surface area contributed by atoms with E-state index >= 15 is 0 Å². The van der Waals surface area contributed by atoms with Gasteiger partial charge in [-0.2, -0.15) is 0 Å². The molecule has 1 aromatic carbocycles. The van der Waals surface area contributed by atoms with Gasteiger partial charge in [0.2, 0.25) is 0 Å². The zero-order valence-electron chi connectivity index (χ0n) is 13.0. The van der Waals surface area contributed by atoms with Crippen LogP contribution in [0.3, 0.4) is 0 Å². The number of benzene rings is 1. The Balaban J connectivity index is 1.92. The second kappa shape index (κ2) is 6.16. The minimum atomic E-state index is -0.477. The van der Waals surface area contributed by atoms with Crippen LogP contribution in [0.5, 0.6) is 0 Å². The predicted molar refractivity (Wildman–Crippen MR) is 94.3 cm³/mol. The lowest BCUT2D eigenvalue weighted by Crippen LogP contribution is -2.35. The van der Waals surface area contributed by atoms with E-state index in [0.717, 1.165) is 42.1 Å². The first-order valence-corrected chi connectivity index (χ1v) is 8.64. The standard InChI is InChI=1S/C19H21ClN2O/c20-14-3-4-15-13(10-14)11-17(23)16-2-1-7-22-19(16)18(15)12-5-8-21-9-6-12/h1-4,7,10,17,19,21-23H,5-6,8-9,11H2. The van der Waals surface area contributed by atoms with Gasteiger partial charge < -0.3 is 15.7 Å². The third kappa shape index (κ3) is 2.74. The van der Waals surface area contributed by atoms with Crippen molar-refractivity contribution in [2.45, 2.75) is 31.4 Å². The summed E-state index contributed by atoms with van der Waals surface area (Å²) in [5, 5.41) is 18.4. The highest BCUT2D eigenvalue weighted by Crippen LogP contribution is 2.39. The van der Waals surface area contributed by atoms with E-state index in [1.54, 1.807) is 0 Å². The SMILES string of the molecule is OC1Cc2cc(Cl)ccc2C(=C2CCNCC2)C2NC=CC=C12. The molecule has 120 valence electrons. The molecule has 1 aliphatic carbocycles. The number of rotatable bonds is 0. The number of nitrogens with one attached hydrogen (secondary N) is 2. The normalized spacial score (nSPS) is 26.8. The fourth-order valence-electron chi connectivity index (χ4n) is 3.92. The van der Waals surface area contributed by atoms with Gasteiger partial charge in [-0.25, -0.2) is 0 Å². The molecule has 3 nitrogen and oxygen atoms in total. The van der Waals surface area contributed by atoms with Crippen LogP contribution in [0.15, 0.2) is 47.7 Å². The molecule has 3 N–H and O–H groups in total. The topological polar surface area (TPSA) is 44.3 Å². The van der Waals surface area contributed by atoms with E-state index in [-0.39, 0.29) is 6.04 Å². The summed E-state index contributed by atoms with van der Waals surface area (Å²) in [4.78, 5) is 0. The number of fused-ring (bicyclic) bond motifs is 2. The van der Waals surface area contributed by atoms with Crippen molar-refractivity contribution in [2.75, 3.05) is 13.1 Å². The maximum absolute atomic E-state index is 10.7. The molecule has 2 aliphatic heterocycles. The van der Waals surface area contributed by atoms with Gasteiger partial charge in [0.05, 0.1) is 12.1 Å². The van der Waals surface area contributed by atoms with Crippen molar-refractivity contribution in [3.63, 3.8) is 0 Å². The van der Waals surface area contributed by atoms with E-state index < -0.39 is 6.10 Å². The lowest BCUT2D eigenvalue weighted by molar-refractivity contribution is 0.206. The molecule has 4 rings (SSSR count). The molecule has 0 radical (unpaired) electrons. The molecule has 4 heteroatoms. The predicted octanol–water partition coefficient (Wildman–Crippen LogP) is 2.81. The summed E-state index contributed by atoms with van der Waals surface area (Å²) >= 11 is 6.21. The van der Waals surface area contributed by atoms with Crippen molar-refractivity contribution in [1.82, 2.24) is 10.6 Å². The molecule has 0 aromatic heterocycles. The Hall–Kier alpha value is -1.55. The molecule has 2 unspecified atom stereocenters. The Labute approximate surface area is 141 Å². The molecule has 1 aromatic rings. The third-order valence-electron chi connectivity index (χ3n) is 5.01. The molecule has 0 bridgehead atoms. The lowest BCUT2D eigenvalue weighted by atomic mass is 9.85. The summed E-state index contributed by atoms with van der Waals surface area (Å²) in [6, 6.07) is 6.15. The summed E-state index contributed by atoms with van der Waals surface area (Å²) in [7, 11) is 0. The largest absolute Gasteiger partial charge is 0.388 e. The fraction of sp³-hybridized carbons (Fsp3) is 0.368. The summed E-state index contributed by atoms with van der Waals surface area (Å²) in [6.45, 7) is 2.04. The van der Waals surface area contributed by atoms with E-state index in [9.17, 15) is 5.11 Å². The number of aliphatic hydroxyl groups excluding tert-OH is 1. The highest BCUT2D eigenvalue weighted by atomic mass is 35.5. The monoisotopic (exact) mass is 328 g/mol.